The number of fused-ring (bicyclic) bond motifs is 2. The number of aromatic nitrogens is 8. The molecule has 0 bridgehead atoms. The Morgan fingerprint density at radius 3 is 2.76 bits per heavy atom. The molecular formula is C28H21FN12O4. The molecule has 0 saturated carbocycles. The van der Waals surface area contributed by atoms with Crippen LogP contribution in [0.4, 0.5) is 21.5 Å². The molecule has 6 aromatic rings. The third-order valence-corrected chi connectivity index (χ3v) is 7.55. The molecule has 0 aliphatic heterocycles. The highest BCUT2D eigenvalue weighted by Gasteiger charge is 2.27. The predicted octanol–water partition coefficient (Wildman–Crippen LogP) is 0.713. The third-order valence-electron chi connectivity index (χ3n) is 7.55. The van der Waals surface area contributed by atoms with Gasteiger partial charge in [0.2, 0.25) is 5.82 Å². The zero-order valence-electron chi connectivity index (χ0n) is 23.0. The number of anilines is 3. The van der Waals surface area contributed by atoms with E-state index < -0.39 is 28.5 Å². The van der Waals surface area contributed by atoms with Gasteiger partial charge >= 0.3 is 0 Å². The van der Waals surface area contributed by atoms with Crippen LogP contribution in [0.15, 0.2) is 58.3 Å². The first-order valence-corrected chi connectivity index (χ1v) is 13.6. The van der Waals surface area contributed by atoms with Crippen molar-refractivity contribution in [3.8, 4) is 11.4 Å². The standard InChI is InChI=1S/C28H21FN12O4/c29-16-5-1-12(7-18(16)34-23-22(30)24(42)25(23)43)10-31-27(44)19-9-20(41-21(33-19)11-32-40-41)28(45)35-17-6-3-13-8-14(2-4-15(13)17)26-36-38-39-37-26/h1-2,4-5,7-9,11,17,34H,3,6,10,30H2,(H,31,44)(H,35,45)(H,36,37,38,39)/t17-/m0/s1. The number of hydrogen-bond donors (Lipinski definition) is 5. The molecule has 1 aliphatic rings. The summed E-state index contributed by atoms with van der Waals surface area (Å²) in [6.45, 7) is -0.0498. The van der Waals surface area contributed by atoms with Crippen molar-refractivity contribution in [1.29, 1.82) is 0 Å². The molecule has 0 radical (unpaired) electrons. The van der Waals surface area contributed by atoms with E-state index >= 15 is 0 Å². The van der Waals surface area contributed by atoms with Crippen molar-refractivity contribution in [3.63, 3.8) is 0 Å². The average Bonchev–Trinajstić information content (AvgIpc) is 3.84. The Labute approximate surface area is 250 Å². The number of hydrogen-bond acceptors (Lipinski definition) is 12. The van der Waals surface area contributed by atoms with Gasteiger partial charge in [-0.25, -0.2) is 9.37 Å². The van der Waals surface area contributed by atoms with Gasteiger partial charge in [0, 0.05) is 18.2 Å². The number of nitrogens with two attached hydrogens (primary N) is 1. The van der Waals surface area contributed by atoms with Gasteiger partial charge in [0.1, 0.15) is 28.6 Å². The summed E-state index contributed by atoms with van der Waals surface area (Å²) in [6, 6.07) is 10.7. The van der Waals surface area contributed by atoms with Gasteiger partial charge < -0.3 is 21.7 Å². The van der Waals surface area contributed by atoms with Crippen molar-refractivity contribution in [3.05, 3.63) is 103 Å². The summed E-state index contributed by atoms with van der Waals surface area (Å²) in [5.41, 5.74) is 6.75. The van der Waals surface area contributed by atoms with Gasteiger partial charge in [0.15, 0.2) is 5.65 Å². The maximum atomic E-state index is 14.4. The van der Waals surface area contributed by atoms with Crippen LogP contribution in [-0.2, 0) is 13.0 Å². The van der Waals surface area contributed by atoms with E-state index in [-0.39, 0.29) is 46.7 Å². The molecule has 6 N–H and O–H groups in total. The molecule has 3 aromatic carbocycles. The van der Waals surface area contributed by atoms with E-state index in [0.29, 0.717) is 17.8 Å². The molecule has 2 amide bonds. The van der Waals surface area contributed by atoms with Crippen LogP contribution in [0.5, 0.6) is 0 Å². The second-order valence-corrected chi connectivity index (χ2v) is 10.3. The summed E-state index contributed by atoms with van der Waals surface area (Å²) in [6.07, 6.45) is 2.72. The lowest BCUT2D eigenvalue weighted by atomic mass is 10.0. The van der Waals surface area contributed by atoms with E-state index in [2.05, 4.69) is 51.9 Å². The quantitative estimate of drug-likeness (QED) is 0.151. The molecule has 1 aliphatic carbocycles. The minimum absolute atomic E-state index is 0.0498. The number of carbonyl (C=O) groups excluding carboxylic acids is 2. The van der Waals surface area contributed by atoms with Crippen LogP contribution in [0.25, 0.3) is 17.0 Å². The molecule has 0 spiro atoms. The molecule has 3 heterocycles. The molecular weight excluding hydrogens is 587 g/mol. The number of halogens is 1. The Hall–Kier alpha value is -6.39. The largest absolute Gasteiger partial charge is 0.394 e. The smallest absolute Gasteiger partial charge is 0.270 e. The van der Waals surface area contributed by atoms with E-state index in [1.165, 1.54) is 28.9 Å². The van der Waals surface area contributed by atoms with Crippen molar-refractivity contribution in [1.82, 2.24) is 51.1 Å². The van der Waals surface area contributed by atoms with Gasteiger partial charge in [-0.2, -0.15) is 9.73 Å². The van der Waals surface area contributed by atoms with Crippen molar-refractivity contribution in [2.24, 2.45) is 0 Å². The van der Waals surface area contributed by atoms with Crippen LogP contribution in [0.3, 0.4) is 0 Å². The summed E-state index contributed by atoms with van der Waals surface area (Å²) in [5, 5.41) is 30.1. The molecule has 0 fully saturated rings. The first-order valence-electron chi connectivity index (χ1n) is 13.6. The number of aromatic amines is 1. The van der Waals surface area contributed by atoms with Crippen molar-refractivity contribution in [2.75, 3.05) is 11.1 Å². The highest BCUT2D eigenvalue weighted by Crippen LogP contribution is 2.33. The number of nitrogens with zero attached hydrogens (tertiary/aromatic N) is 7. The van der Waals surface area contributed by atoms with Crippen molar-refractivity contribution >= 4 is 34.5 Å². The van der Waals surface area contributed by atoms with E-state index in [0.717, 1.165) is 29.2 Å². The predicted molar refractivity (Wildman–Crippen MR) is 156 cm³/mol. The lowest BCUT2D eigenvalue weighted by Crippen LogP contribution is -2.36. The average molecular weight is 609 g/mol. The summed E-state index contributed by atoms with van der Waals surface area (Å²) in [4.78, 5) is 54.0. The third kappa shape index (κ3) is 4.90. The number of tetrazole rings is 1. The normalized spacial score (nSPS) is 14.0. The lowest BCUT2D eigenvalue weighted by Gasteiger charge is -2.15. The number of carbonyl (C=O) groups is 2. The molecule has 0 saturated heterocycles. The Morgan fingerprint density at radius 2 is 1.96 bits per heavy atom. The summed E-state index contributed by atoms with van der Waals surface area (Å²) in [7, 11) is 0. The lowest BCUT2D eigenvalue weighted by molar-refractivity contribution is 0.0928. The molecule has 45 heavy (non-hydrogen) atoms. The molecule has 17 heteroatoms. The molecule has 16 nitrogen and oxygen atoms in total. The van der Waals surface area contributed by atoms with Gasteiger partial charge in [-0.1, -0.05) is 23.4 Å². The first kappa shape index (κ1) is 27.4. The van der Waals surface area contributed by atoms with Crippen LogP contribution < -0.4 is 32.5 Å². The van der Waals surface area contributed by atoms with Crippen LogP contribution in [0.2, 0.25) is 0 Å². The Balaban J connectivity index is 1.07. The van der Waals surface area contributed by atoms with Gasteiger partial charge in [0.05, 0.1) is 17.9 Å². The minimum atomic E-state index is -0.840. The summed E-state index contributed by atoms with van der Waals surface area (Å²) in [5.74, 6) is -1.30. The van der Waals surface area contributed by atoms with Gasteiger partial charge in [-0.15, -0.1) is 15.3 Å². The van der Waals surface area contributed by atoms with Crippen molar-refractivity contribution in [2.45, 2.75) is 25.4 Å². The van der Waals surface area contributed by atoms with Crippen LogP contribution in [-0.4, -0.2) is 52.2 Å². The number of benzene rings is 2. The number of rotatable bonds is 8. The van der Waals surface area contributed by atoms with Gasteiger partial charge in [-0.05, 0) is 52.9 Å². The number of H-pyrrole nitrogens is 1. The molecule has 7 rings (SSSR count). The fourth-order valence-electron chi connectivity index (χ4n) is 5.24. The van der Waals surface area contributed by atoms with Crippen LogP contribution in [0.1, 0.15) is 50.1 Å². The minimum Gasteiger partial charge on any atom is -0.394 e. The van der Waals surface area contributed by atoms with E-state index in [9.17, 15) is 23.6 Å². The van der Waals surface area contributed by atoms with Crippen molar-refractivity contribution < 1.29 is 14.0 Å². The maximum absolute atomic E-state index is 14.4. The fourth-order valence-corrected chi connectivity index (χ4v) is 5.24. The monoisotopic (exact) mass is 608 g/mol. The van der Waals surface area contributed by atoms with Gasteiger partial charge in [0.25, 0.3) is 22.7 Å². The van der Waals surface area contributed by atoms with Crippen LogP contribution >= 0.6 is 0 Å². The fraction of sp³-hybridized carbons (Fsp3) is 0.143. The number of amides is 2. The highest BCUT2D eigenvalue weighted by molar-refractivity contribution is 5.98. The Bertz CT molecular complexity index is 2200. The number of nitrogens with one attached hydrogen (secondary N) is 4. The highest BCUT2D eigenvalue weighted by atomic mass is 19.1. The van der Waals surface area contributed by atoms with E-state index in [1.54, 1.807) is 0 Å². The zero-order chi connectivity index (χ0) is 31.2. The van der Waals surface area contributed by atoms with E-state index in [4.69, 9.17) is 5.73 Å². The molecule has 3 aromatic heterocycles. The number of nitrogen functional groups attached to an aromatic ring is 1. The van der Waals surface area contributed by atoms with Gasteiger partial charge in [-0.3, -0.25) is 19.2 Å². The van der Waals surface area contributed by atoms with E-state index in [1.807, 2.05) is 18.2 Å². The summed E-state index contributed by atoms with van der Waals surface area (Å²) >= 11 is 0. The maximum Gasteiger partial charge on any atom is 0.270 e. The molecule has 1 atom stereocenters. The SMILES string of the molecule is Nc1c(Nc2cc(CNC(=O)c3cc(C(=O)N[C@H]4CCc5cc(-c6nn[nH]n6)ccc54)n4nncc4n3)ccc2F)c(=O)c1=O. The topological polar surface area (TPSA) is 228 Å². The first-order chi connectivity index (χ1) is 21.8. The van der Waals surface area contributed by atoms with Crippen LogP contribution in [0, 0.1) is 5.82 Å². The Morgan fingerprint density at radius 1 is 1.09 bits per heavy atom. The molecule has 224 valence electrons. The number of aryl methyl sites for hydroxylation is 1. The second-order valence-electron chi connectivity index (χ2n) is 10.3. The second kappa shape index (κ2) is 10.7. The Kier molecular flexibility index (Phi) is 6.53. The zero-order valence-corrected chi connectivity index (χ0v) is 23.0. The molecule has 0 unspecified atom stereocenters. The summed E-state index contributed by atoms with van der Waals surface area (Å²) < 4.78 is 15.6.